The molecule has 3 heteroatoms. The zero-order chi connectivity index (χ0) is 12.1. The van der Waals surface area contributed by atoms with Gasteiger partial charge in [0, 0.05) is 18.8 Å². The van der Waals surface area contributed by atoms with Gasteiger partial charge in [-0.1, -0.05) is 24.8 Å². The molecule has 0 spiro atoms. The molecule has 0 aromatic heterocycles. The minimum absolute atomic E-state index is 0.0399. The molecule has 1 fully saturated rings. The van der Waals surface area contributed by atoms with Crippen LogP contribution >= 0.6 is 0 Å². The summed E-state index contributed by atoms with van der Waals surface area (Å²) >= 11 is 0. The minimum atomic E-state index is -0.166. The Labute approximate surface area is 102 Å². The average molecular weight is 231 g/mol. The van der Waals surface area contributed by atoms with E-state index in [4.69, 9.17) is 4.74 Å². The number of hydrogen-bond acceptors (Lipinski definition) is 3. The van der Waals surface area contributed by atoms with Gasteiger partial charge >= 0.3 is 5.97 Å². The lowest BCUT2D eigenvalue weighted by Gasteiger charge is -2.33. The SMILES string of the molecule is C=COC(=O)C1CCCN(c2ccccc2)C1. The van der Waals surface area contributed by atoms with Gasteiger partial charge in [0.2, 0.25) is 0 Å². The molecule has 1 unspecified atom stereocenters. The van der Waals surface area contributed by atoms with Crippen molar-refractivity contribution in [3.8, 4) is 0 Å². The fourth-order valence-corrected chi connectivity index (χ4v) is 2.22. The maximum absolute atomic E-state index is 11.7. The van der Waals surface area contributed by atoms with E-state index in [0.29, 0.717) is 0 Å². The van der Waals surface area contributed by atoms with Crippen molar-refractivity contribution < 1.29 is 9.53 Å². The smallest absolute Gasteiger partial charge is 0.315 e. The van der Waals surface area contributed by atoms with Crippen LogP contribution in [0.25, 0.3) is 0 Å². The third kappa shape index (κ3) is 2.87. The lowest BCUT2D eigenvalue weighted by molar-refractivity contribution is -0.142. The molecule has 0 aliphatic carbocycles. The predicted octanol–water partition coefficient (Wildman–Crippen LogP) is 2.59. The van der Waals surface area contributed by atoms with Crippen molar-refractivity contribution in [2.45, 2.75) is 12.8 Å². The van der Waals surface area contributed by atoms with E-state index in [1.807, 2.05) is 18.2 Å². The van der Waals surface area contributed by atoms with E-state index in [2.05, 4.69) is 23.6 Å². The summed E-state index contributed by atoms with van der Waals surface area (Å²) < 4.78 is 4.86. The Balaban J connectivity index is 2.02. The van der Waals surface area contributed by atoms with Crippen LogP contribution in [0, 0.1) is 5.92 Å². The number of benzene rings is 1. The third-order valence-electron chi connectivity index (χ3n) is 3.08. The van der Waals surface area contributed by atoms with Crippen LogP contribution in [0.1, 0.15) is 12.8 Å². The summed E-state index contributed by atoms with van der Waals surface area (Å²) in [6.45, 7) is 5.15. The van der Waals surface area contributed by atoms with Crippen molar-refractivity contribution in [2.75, 3.05) is 18.0 Å². The molecule has 1 saturated heterocycles. The molecular weight excluding hydrogens is 214 g/mol. The van der Waals surface area contributed by atoms with Crippen LogP contribution < -0.4 is 4.90 Å². The first kappa shape index (κ1) is 11.7. The molecule has 0 bridgehead atoms. The minimum Gasteiger partial charge on any atom is -0.435 e. The summed E-state index contributed by atoms with van der Waals surface area (Å²) in [6.07, 6.45) is 3.13. The van der Waals surface area contributed by atoms with Crippen molar-refractivity contribution in [1.29, 1.82) is 0 Å². The Morgan fingerprint density at radius 3 is 2.88 bits per heavy atom. The Hall–Kier alpha value is -1.77. The van der Waals surface area contributed by atoms with E-state index >= 15 is 0 Å². The van der Waals surface area contributed by atoms with Crippen LogP contribution in [0.5, 0.6) is 0 Å². The van der Waals surface area contributed by atoms with E-state index in [9.17, 15) is 4.79 Å². The number of hydrogen-bond donors (Lipinski definition) is 0. The van der Waals surface area contributed by atoms with Gasteiger partial charge in [0.1, 0.15) is 0 Å². The lowest BCUT2D eigenvalue weighted by Crippen LogP contribution is -2.39. The van der Waals surface area contributed by atoms with Crippen LogP contribution in [0.4, 0.5) is 5.69 Å². The molecular formula is C14H17NO2. The van der Waals surface area contributed by atoms with Gasteiger partial charge in [-0.3, -0.25) is 4.79 Å². The number of nitrogens with zero attached hydrogens (tertiary/aromatic N) is 1. The zero-order valence-corrected chi connectivity index (χ0v) is 9.84. The van der Waals surface area contributed by atoms with Crippen LogP contribution in [0.3, 0.4) is 0 Å². The second-order valence-electron chi connectivity index (χ2n) is 4.22. The summed E-state index contributed by atoms with van der Waals surface area (Å²) in [6, 6.07) is 10.2. The predicted molar refractivity (Wildman–Crippen MR) is 67.7 cm³/mol. The molecule has 1 atom stereocenters. The standard InChI is InChI=1S/C14H17NO2/c1-2-17-14(16)12-7-6-10-15(11-12)13-8-4-3-5-9-13/h2-5,8-9,12H,1,6-7,10-11H2. The van der Waals surface area contributed by atoms with Gasteiger partial charge < -0.3 is 9.64 Å². The van der Waals surface area contributed by atoms with E-state index in [1.165, 1.54) is 11.9 Å². The number of para-hydroxylation sites is 1. The highest BCUT2D eigenvalue weighted by molar-refractivity contribution is 5.74. The van der Waals surface area contributed by atoms with Gasteiger partial charge in [0.05, 0.1) is 12.2 Å². The Morgan fingerprint density at radius 1 is 1.41 bits per heavy atom. The highest BCUT2D eigenvalue weighted by atomic mass is 16.5. The van der Waals surface area contributed by atoms with E-state index in [0.717, 1.165) is 25.9 Å². The first-order chi connectivity index (χ1) is 8.31. The summed E-state index contributed by atoms with van der Waals surface area (Å²) in [4.78, 5) is 13.9. The molecule has 0 saturated carbocycles. The quantitative estimate of drug-likeness (QED) is 0.591. The van der Waals surface area contributed by atoms with Gasteiger partial charge in [-0.2, -0.15) is 0 Å². The van der Waals surface area contributed by atoms with E-state index in [1.54, 1.807) is 0 Å². The Morgan fingerprint density at radius 2 is 2.18 bits per heavy atom. The molecule has 1 aliphatic rings. The number of ether oxygens (including phenoxy) is 1. The van der Waals surface area contributed by atoms with E-state index < -0.39 is 0 Å². The number of rotatable bonds is 3. The maximum Gasteiger partial charge on any atom is 0.315 e. The molecule has 1 aliphatic heterocycles. The molecule has 1 aromatic carbocycles. The topological polar surface area (TPSA) is 29.5 Å². The first-order valence-corrected chi connectivity index (χ1v) is 5.92. The second kappa shape index (κ2) is 5.53. The molecule has 0 radical (unpaired) electrons. The monoisotopic (exact) mass is 231 g/mol. The molecule has 90 valence electrons. The molecule has 1 aromatic rings. The van der Waals surface area contributed by atoms with Gasteiger partial charge in [-0.25, -0.2) is 0 Å². The molecule has 0 N–H and O–H groups in total. The summed E-state index contributed by atoms with van der Waals surface area (Å²) in [5.41, 5.74) is 1.17. The number of carbonyl (C=O) groups is 1. The Bertz CT molecular complexity index is 388. The highest BCUT2D eigenvalue weighted by Crippen LogP contribution is 2.23. The molecule has 17 heavy (non-hydrogen) atoms. The van der Waals surface area contributed by atoms with E-state index in [-0.39, 0.29) is 11.9 Å². The Kier molecular flexibility index (Phi) is 3.81. The number of piperidine rings is 1. The molecule has 0 amide bonds. The van der Waals surface area contributed by atoms with Gasteiger partial charge in [0.15, 0.2) is 0 Å². The van der Waals surface area contributed by atoms with Crippen molar-refractivity contribution in [3.05, 3.63) is 43.2 Å². The van der Waals surface area contributed by atoms with Crippen molar-refractivity contribution >= 4 is 11.7 Å². The summed E-state index contributed by atoms with van der Waals surface area (Å²) in [7, 11) is 0. The zero-order valence-electron chi connectivity index (χ0n) is 9.84. The van der Waals surface area contributed by atoms with Gasteiger partial charge in [0.25, 0.3) is 0 Å². The fraction of sp³-hybridized carbons (Fsp3) is 0.357. The molecule has 1 heterocycles. The van der Waals surface area contributed by atoms with Gasteiger partial charge in [-0.15, -0.1) is 0 Å². The van der Waals surface area contributed by atoms with Crippen molar-refractivity contribution in [1.82, 2.24) is 0 Å². The lowest BCUT2D eigenvalue weighted by atomic mass is 9.98. The van der Waals surface area contributed by atoms with Crippen LogP contribution in [-0.2, 0) is 9.53 Å². The first-order valence-electron chi connectivity index (χ1n) is 5.92. The third-order valence-corrected chi connectivity index (χ3v) is 3.08. The largest absolute Gasteiger partial charge is 0.435 e. The number of anilines is 1. The van der Waals surface area contributed by atoms with Gasteiger partial charge in [-0.05, 0) is 25.0 Å². The van der Waals surface area contributed by atoms with Crippen molar-refractivity contribution in [2.24, 2.45) is 5.92 Å². The molecule has 3 nitrogen and oxygen atoms in total. The summed E-state index contributed by atoms with van der Waals surface area (Å²) in [5, 5.41) is 0. The van der Waals surface area contributed by atoms with Crippen LogP contribution in [0.2, 0.25) is 0 Å². The maximum atomic E-state index is 11.7. The van der Waals surface area contributed by atoms with Crippen LogP contribution in [-0.4, -0.2) is 19.1 Å². The number of carbonyl (C=O) groups excluding carboxylic acids is 1. The average Bonchev–Trinajstić information content (AvgIpc) is 2.40. The fourth-order valence-electron chi connectivity index (χ4n) is 2.22. The molecule has 2 rings (SSSR count). The highest BCUT2D eigenvalue weighted by Gasteiger charge is 2.26. The van der Waals surface area contributed by atoms with Crippen molar-refractivity contribution in [3.63, 3.8) is 0 Å². The number of esters is 1. The summed E-state index contributed by atoms with van der Waals surface area (Å²) in [5.74, 6) is -0.206. The van der Waals surface area contributed by atoms with Crippen LogP contribution in [0.15, 0.2) is 43.2 Å². The second-order valence-corrected chi connectivity index (χ2v) is 4.22. The normalized spacial score (nSPS) is 19.8.